The molecule has 0 bridgehead atoms. The number of nitrogens with two attached hydrogens (primary N) is 1. The summed E-state index contributed by atoms with van der Waals surface area (Å²) in [4.78, 5) is 0. The first-order chi connectivity index (χ1) is 10.3. The van der Waals surface area contributed by atoms with Gasteiger partial charge in [0.1, 0.15) is 12.4 Å². The van der Waals surface area contributed by atoms with E-state index in [1.54, 1.807) is 0 Å². The fourth-order valence-electron chi connectivity index (χ4n) is 2.68. The van der Waals surface area contributed by atoms with Gasteiger partial charge >= 0.3 is 0 Å². The number of aromatic nitrogens is 3. The topological polar surface area (TPSA) is 66.0 Å². The minimum absolute atomic E-state index is 0.463. The van der Waals surface area contributed by atoms with Gasteiger partial charge in [0, 0.05) is 12.5 Å². The van der Waals surface area contributed by atoms with Crippen LogP contribution in [0, 0.1) is 6.92 Å². The van der Waals surface area contributed by atoms with Crippen molar-refractivity contribution >= 4 is 0 Å². The lowest BCUT2D eigenvalue weighted by molar-refractivity contribution is 0.280. The van der Waals surface area contributed by atoms with Crippen molar-refractivity contribution in [3.63, 3.8) is 0 Å². The molecule has 2 aromatic rings. The second kappa shape index (κ2) is 6.26. The summed E-state index contributed by atoms with van der Waals surface area (Å²) in [6.07, 6.45) is 3.73. The van der Waals surface area contributed by atoms with Crippen molar-refractivity contribution in [1.29, 1.82) is 0 Å². The highest BCUT2D eigenvalue weighted by Crippen LogP contribution is 2.37. The van der Waals surface area contributed by atoms with Gasteiger partial charge in [-0.2, -0.15) is 0 Å². The van der Waals surface area contributed by atoms with E-state index >= 15 is 0 Å². The Balaban J connectivity index is 1.62. The summed E-state index contributed by atoms with van der Waals surface area (Å²) >= 11 is 0. The second-order valence-electron chi connectivity index (χ2n) is 5.64. The van der Waals surface area contributed by atoms with Crippen LogP contribution < -0.4 is 10.5 Å². The number of benzene rings is 1. The van der Waals surface area contributed by atoms with Crippen molar-refractivity contribution in [3.8, 4) is 5.75 Å². The Labute approximate surface area is 125 Å². The molecule has 21 heavy (non-hydrogen) atoms. The third-order valence-electron chi connectivity index (χ3n) is 4.13. The lowest BCUT2D eigenvalue weighted by Crippen LogP contribution is -2.20. The molecule has 0 atom stereocenters. The highest BCUT2D eigenvalue weighted by atomic mass is 16.5. The van der Waals surface area contributed by atoms with Crippen LogP contribution in [0.2, 0.25) is 0 Å². The average molecular weight is 286 g/mol. The van der Waals surface area contributed by atoms with E-state index in [9.17, 15) is 0 Å². The van der Waals surface area contributed by atoms with E-state index < -0.39 is 0 Å². The third-order valence-corrected chi connectivity index (χ3v) is 4.13. The van der Waals surface area contributed by atoms with Gasteiger partial charge in [-0.3, -0.25) is 0 Å². The summed E-state index contributed by atoms with van der Waals surface area (Å²) in [7, 11) is 0. The molecular weight excluding hydrogens is 264 g/mol. The van der Waals surface area contributed by atoms with Crippen LogP contribution in [-0.2, 0) is 13.1 Å². The second-order valence-corrected chi connectivity index (χ2v) is 5.64. The minimum atomic E-state index is 0.463. The summed E-state index contributed by atoms with van der Waals surface area (Å²) in [6, 6.07) is 8.10. The molecule has 3 rings (SSSR count). The summed E-state index contributed by atoms with van der Waals surface area (Å²) < 4.78 is 7.75. The van der Waals surface area contributed by atoms with E-state index in [4.69, 9.17) is 10.5 Å². The highest BCUT2D eigenvalue weighted by molar-refractivity contribution is 5.26. The van der Waals surface area contributed by atoms with Crippen LogP contribution in [0.15, 0.2) is 24.3 Å². The van der Waals surface area contributed by atoms with Crippen LogP contribution in [-0.4, -0.2) is 21.6 Å². The van der Waals surface area contributed by atoms with Crippen LogP contribution in [0.25, 0.3) is 0 Å². The summed E-state index contributed by atoms with van der Waals surface area (Å²) in [5.41, 5.74) is 9.16. The molecule has 5 heteroatoms. The van der Waals surface area contributed by atoms with E-state index in [0.717, 1.165) is 11.4 Å². The van der Waals surface area contributed by atoms with Crippen molar-refractivity contribution in [3.05, 3.63) is 41.2 Å². The third kappa shape index (κ3) is 3.08. The summed E-state index contributed by atoms with van der Waals surface area (Å²) in [5.74, 6) is 1.47. The quantitative estimate of drug-likeness (QED) is 0.885. The number of hydrogen-bond acceptors (Lipinski definition) is 4. The van der Waals surface area contributed by atoms with E-state index in [2.05, 4.69) is 29.4 Å². The Morgan fingerprint density at radius 1 is 1.29 bits per heavy atom. The first kappa shape index (κ1) is 14.1. The van der Waals surface area contributed by atoms with Crippen LogP contribution in [0.5, 0.6) is 5.75 Å². The lowest BCUT2D eigenvalue weighted by Gasteiger charge is -2.26. The maximum Gasteiger partial charge on any atom is 0.119 e. The SMILES string of the molecule is Cc1ccc(OCCn2nnc(CN)c2C2CCC2)cc1. The van der Waals surface area contributed by atoms with Crippen molar-refractivity contribution in [1.82, 2.24) is 15.0 Å². The van der Waals surface area contributed by atoms with Gasteiger partial charge in [0.2, 0.25) is 0 Å². The normalized spacial score (nSPS) is 15.0. The van der Waals surface area contributed by atoms with Crippen LogP contribution in [0.4, 0.5) is 0 Å². The van der Waals surface area contributed by atoms with Gasteiger partial charge in [0.25, 0.3) is 0 Å². The van der Waals surface area contributed by atoms with Crippen molar-refractivity contribution in [2.75, 3.05) is 6.61 Å². The molecule has 0 saturated heterocycles. The Morgan fingerprint density at radius 3 is 2.67 bits per heavy atom. The Morgan fingerprint density at radius 2 is 2.05 bits per heavy atom. The van der Waals surface area contributed by atoms with E-state index in [1.165, 1.54) is 30.5 Å². The maximum absolute atomic E-state index is 5.77. The van der Waals surface area contributed by atoms with Crippen molar-refractivity contribution < 1.29 is 4.74 Å². The molecule has 2 N–H and O–H groups in total. The monoisotopic (exact) mass is 286 g/mol. The molecule has 1 aromatic heterocycles. The summed E-state index contributed by atoms with van der Waals surface area (Å²) in [6.45, 7) is 3.84. The summed E-state index contributed by atoms with van der Waals surface area (Å²) in [5, 5.41) is 8.45. The molecule has 0 unspecified atom stereocenters. The van der Waals surface area contributed by atoms with Gasteiger partial charge in [-0.25, -0.2) is 4.68 Å². The number of rotatable bonds is 6. The molecule has 1 heterocycles. The van der Waals surface area contributed by atoms with E-state index in [0.29, 0.717) is 25.6 Å². The molecule has 1 aliphatic rings. The minimum Gasteiger partial charge on any atom is -0.492 e. The van der Waals surface area contributed by atoms with Crippen molar-refractivity contribution in [2.45, 2.75) is 45.2 Å². The molecule has 0 amide bonds. The van der Waals surface area contributed by atoms with Crippen LogP contribution in [0.1, 0.15) is 42.1 Å². The Bertz CT molecular complexity index is 587. The fraction of sp³-hybridized carbons (Fsp3) is 0.500. The molecule has 1 aromatic carbocycles. The smallest absolute Gasteiger partial charge is 0.119 e. The molecule has 5 nitrogen and oxygen atoms in total. The van der Waals surface area contributed by atoms with Gasteiger partial charge in [0.05, 0.1) is 17.9 Å². The fourth-order valence-corrected chi connectivity index (χ4v) is 2.68. The molecule has 1 saturated carbocycles. The molecule has 0 radical (unpaired) electrons. The van der Waals surface area contributed by atoms with E-state index in [1.807, 2.05) is 16.8 Å². The number of hydrogen-bond donors (Lipinski definition) is 1. The zero-order valence-corrected chi connectivity index (χ0v) is 12.5. The van der Waals surface area contributed by atoms with Crippen LogP contribution in [0.3, 0.4) is 0 Å². The Hall–Kier alpha value is -1.88. The zero-order valence-electron chi connectivity index (χ0n) is 12.5. The maximum atomic E-state index is 5.77. The number of ether oxygens (including phenoxy) is 1. The first-order valence-corrected chi connectivity index (χ1v) is 7.59. The molecule has 1 fully saturated rings. The molecule has 1 aliphatic carbocycles. The lowest BCUT2D eigenvalue weighted by atomic mass is 9.82. The van der Waals surface area contributed by atoms with Gasteiger partial charge in [0.15, 0.2) is 0 Å². The van der Waals surface area contributed by atoms with Gasteiger partial charge in [-0.15, -0.1) is 5.10 Å². The van der Waals surface area contributed by atoms with Crippen LogP contribution >= 0.6 is 0 Å². The van der Waals surface area contributed by atoms with Gasteiger partial charge in [-0.05, 0) is 31.9 Å². The average Bonchev–Trinajstić information content (AvgIpc) is 2.82. The largest absolute Gasteiger partial charge is 0.492 e. The van der Waals surface area contributed by atoms with E-state index in [-0.39, 0.29) is 0 Å². The first-order valence-electron chi connectivity index (χ1n) is 7.59. The molecule has 0 aliphatic heterocycles. The predicted molar refractivity (Wildman–Crippen MR) is 81.2 cm³/mol. The van der Waals surface area contributed by atoms with Gasteiger partial charge in [-0.1, -0.05) is 29.3 Å². The van der Waals surface area contributed by atoms with Crippen molar-refractivity contribution in [2.24, 2.45) is 5.73 Å². The standard InChI is InChI=1S/C16H22N4O/c1-12-5-7-14(8-6-12)21-10-9-20-16(13-3-2-4-13)15(11-17)18-19-20/h5-8,13H,2-4,9-11,17H2,1H3. The highest BCUT2D eigenvalue weighted by Gasteiger charge is 2.26. The molecule has 0 spiro atoms. The Kier molecular flexibility index (Phi) is 4.20. The molecule has 112 valence electrons. The number of nitrogens with zero attached hydrogens (tertiary/aromatic N) is 3. The van der Waals surface area contributed by atoms with Gasteiger partial charge < -0.3 is 10.5 Å². The zero-order chi connectivity index (χ0) is 14.7. The predicted octanol–water partition coefficient (Wildman–Crippen LogP) is 2.39. The number of aryl methyl sites for hydroxylation is 1. The molecular formula is C16H22N4O.